The molecule has 2 nitrogen and oxygen atoms in total. The Bertz CT molecular complexity index is 662. The van der Waals surface area contributed by atoms with E-state index in [0.717, 1.165) is 16.6 Å². The lowest BCUT2D eigenvalue weighted by Gasteiger charge is -2.08. The topological polar surface area (TPSA) is 29.1 Å². The van der Waals surface area contributed by atoms with Crippen molar-refractivity contribution in [2.45, 2.75) is 6.54 Å². The third kappa shape index (κ3) is 3.64. The van der Waals surface area contributed by atoms with Crippen LogP contribution in [0, 0.1) is 11.6 Å². The minimum atomic E-state index is -0.930. The van der Waals surface area contributed by atoms with Crippen LogP contribution in [0.1, 0.15) is 15.9 Å². The summed E-state index contributed by atoms with van der Waals surface area (Å²) in [7, 11) is 0. The number of benzene rings is 2. The minimum Gasteiger partial charge on any atom is -0.348 e. The monoisotopic (exact) mass is 403 g/mol. The Morgan fingerprint density at radius 3 is 2.50 bits per heavy atom. The van der Waals surface area contributed by atoms with Crippen molar-refractivity contribution in [1.29, 1.82) is 0 Å². The molecule has 0 bridgehead atoms. The van der Waals surface area contributed by atoms with Crippen LogP contribution in [0.2, 0.25) is 0 Å². The Kier molecular flexibility index (Phi) is 4.88. The van der Waals surface area contributed by atoms with Gasteiger partial charge in [0.05, 0.1) is 5.56 Å². The lowest BCUT2D eigenvalue weighted by Crippen LogP contribution is -2.23. The SMILES string of the molecule is O=C(NCc1ccc(F)c(F)c1)c1cc(Br)ccc1Br. The van der Waals surface area contributed by atoms with Gasteiger partial charge in [-0.2, -0.15) is 0 Å². The zero-order chi connectivity index (χ0) is 14.7. The van der Waals surface area contributed by atoms with E-state index in [1.165, 1.54) is 6.07 Å². The van der Waals surface area contributed by atoms with E-state index < -0.39 is 11.6 Å². The molecule has 0 heterocycles. The summed E-state index contributed by atoms with van der Waals surface area (Å²) in [6.45, 7) is 0.120. The minimum absolute atomic E-state index is 0.120. The summed E-state index contributed by atoms with van der Waals surface area (Å²) in [5.74, 6) is -2.14. The Morgan fingerprint density at radius 1 is 1.05 bits per heavy atom. The average molecular weight is 405 g/mol. The van der Waals surface area contributed by atoms with Crippen molar-refractivity contribution in [3.8, 4) is 0 Å². The molecule has 6 heteroatoms. The highest BCUT2D eigenvalue weighted by Gasteiger charge is 2.11. The van der Waals surface area contributed by atoms with Gasteiger partial charge in [-0.15, -0.1) is 0 Å². The lowest BCUT2D eigenvalue weighted by atomic mass is 10.2. The van der Waals surface area contributed by atoms with Crippen molar-refractivity contribution in [3.63, 3.8) is 0 Å². The van der Waals surface area contributed by atoms with Crippen molar-refractivity contribution in [2.75, 3.05) is 0 Å². The molecule has 0 atom stereocenters. The van der Waals surface area contributed by atoms with Crippen LogP contribution in [-0.2, 0) is 6.54 Å². The Hall–Kier alpha value is -1.27. The standard InChI is InChI=1S/C14H9Br2F2NO/c15-9-2-3-11(16)10(6-9)14(20)19-7-8-1-4-12(17)13(18)5-8/h1-6H,7H2,(H,19,20). The molecule has 2 aromatic rings. The number of amides is 1. The third-order valence-corrected chi connectivity index (χ3v) is 3.79. The Balaban J connectivity index is 2.08. The zero-order valence-corrected chi connectivity index (χ0v) is 13.3. The maximum atomic E-state index is 13.0. The first-order chi connectivity index (χ1) is 9.47. The molecule has 1 N–H and O–H groups in total. The van der Waals surface area contributed by atoms with Gasteiger partial charge in [-0.25, -0.2) is 8.78 Å². The summed E-state index contributed by atoms with van der Waals surface area (Å²) in [5, 5.41) is 2.65. The highest BCUT2D eigenvalue weighted by Crippen LogP contribution is 2.21. The largest absolute Gasteiger partial charge is 0.348 e. The van der Waals surface area contributed by atoms with Crippen molar-refractivity contribution >= 4 is 37.8 Å². The van der Waals surface area contributed by atoms with E-state index in [1.807, 2.05) is 0 Å². The first kappa shape index (κ1) is 15.1. The molecule has 0 radical (unpaired) electrons. The van der Waals surface area contributed by atoms with Crippen LogP contribution >= 0.6 is 31.9 Å². The fourth-order valence-electron chi connectivity index (χ4n) is 1.60. The molecule has 2 aromatic carbocycles. The van der Waals surface area contributed by atoms with Crippen LogP contribution in [-0.4, -0.2) is 5.91 Å². The summed E-state index contributed by atoms with van der Waals surface area (Å²) >= 11 is 6.57. The second-order valence-electron chi connectivity index (χ2n) is 4.06. The first-order valence-electron chi connectivity index (χ1n) is 5.64. The van der Waals surface area contributed by atoms with Gasteiger partial charge in [0.2, 0.25) is 0 Å². The summed E-state index contributed by atoms with van der Waals surface area (Å²) in [6.07, 6.45) is 0. The van der Waals surface area contributed by atoms with Crippen LogP contribution in [0.3, 0.4) is 0 Å². The van der Waals surface area contributed by atoms with Crippen LogP contribution in [0.25, 0.3) is 0 Å². The number of hydrogen-bond donors (Lipinski definition) is 1. The van der Waals surface area contributed by atoms with Gasteiger partial charge in [-0.05, 0) is 51.8 Å². The lowest BCUT2D eigenvalue weighted by molar-refractivity contribution is 0.0950. The average Bonchev–Trinajstić information content (AvgIpc) is 2.42. The van der Waals surface area contributed by atoms with Crippen LogP contribution < -0.4 is 5.32 Å². The van der Waals surface area contributed by atoms with E-state index >= 15 is 0 Å². The van der Waals surface area contributed by atoms with Gasteiger partial charge in [0, 0.05) is 15.5 Å². The first-order valence-corrected chi connectivity index (χ1v) is 7.23. The Labute approximate surface area is 131 Å². The van der Waals surface area contributed by atoms with Crippen LogP contribution in [0.15, 0.2) is 45.3 Å². The summed E-state index contributed by atoms with van der Waals surface area (Å²) < 4.78 is 27.3. The quantitative estimate of drug-likeness (QED) is 0.805. The molecule has 0 aromatic heterocycles. The highest BCUT2D eigenvalue weighted by atomic mass is 79.9. The molecule has 104 valence electrons. The molecule has 0 saturated carbocycles. The highest BCUT2D eigenvalue weighted by molar-refractivity contribution is 9.11. The number of carbonyl (C=O) groups excluding carboxylic acids is 1. The zero-order valence-electron chi connectivity index (χ0n) is 10.1. The Morgan fingerprint density at radius 2 is 1.80 bits per heavy atom. The summed E-state index contributed by atoms with van der Waals surface area (Å²) in [6, 6.07) is 8.74. The number of carbonyl (C=O) groups is 1. The van der Waals surface area contributed by atoms with Crippen LogP contribution in [0.5, 0.6) is 0 Å². The molecule has 0 saturated heterocycles. The molecule has 0 fully saturated rings. The van der Waals surface area contributed by atoms with E-state index in [-0.39, 0.29) is 12.5 Å². The van der Waals surface area contributed by atoms with E-state index in [2.05, 4.69) is 37.2 Å². The van der Waals surface area contributed by atoms with Crippen molar-refractivity contribution < 1.29 is 13.6 Å². The maximum Gasteiger partial charge on any atom is 0.252 e. The molecule has 0 aliphatic carbocycles. The fraction of sp³-hybridized carbons (Fsp3) is 0.0714. The van der Waals surface area contributed by atoms with Gasteiger partial charge < -0.3 is 5.32 Å². The second-order valence-corrected chi connectivity index (χ2v) is 5.83. The van der Waals surface area contributed by atoms with Crippen LogP contribution in [0.4, 0.5) is 8.78 Å². The molecule has 0 unspecified atom stereocenters. The number of hydrogen-bond acceptors (Lipinski definition) is 1. The van der Waals surface area contributed by atoms with Gasteiger partial charge in [0.1, 0.15) is 0 Å². The molecule has 0 aliphatic rings. The van der Waals surface area contributed by atoms with E-state index in [9.17, 15) is 13.6 Å². The van der Waals surface area contributed by atoms with E-state index in [0.29, 0.717) is 15.6 Å². The van der Waals surface area contributed by atoms with Gasteiger partial charge in [-0.1, -0.05) is 22.0 Å². The maximum absolute atomic E-state index is 13.0. The van der Waals surface area contributed by atoms with E-state index in [4.69, 9.17) is 0 Å². The molecule has 0 aliphatic heterocycles. The number of rotatable bonds is 3. The number of halogens is 4. The molecule has 1 amide bonds. The van der Waals surface area contributed by atoms with Crippen molar-refractivity contribution in [2.24, 2.45) is 0 Å². The van der Waals surface area contributed by atoms with Crippen molar-refractivity contribution in [3.05, 3.63) is 68.1 Å². The van der Waals surface area contributed by atoms with Gasteiger partial charge in [0.25, 0.3) is 5.91 Å². The predicted molar refractivity (Wildman–Crippen MR) is 79.4 cm³/mol. The third-order valence-electron chi connectivity index (χ3n) is 2.61. The fourth-order valence-corrected chi connectivity index (χ4v) is 2.39. The van der Waals surface area contributed by atoms with Gasteiger partial charge in [0.15, 0.2) is 11.6 Å². The molecule has 0 spiro atoms. The predicted octanol–water partition coefficient (Wildman–Crippen LogP) is 4.42. The normalized spacial score (nSPS) is 10.4. The molecule has 2 rings (SSSR count). The molecule has 20 heavy (non-hydrogen) atoms. The number of nitrogens with one attached hydrogen (secondary N) is 1. The smallest absolute Gasteiger partial charge is 0.252 e. The second kappa shape index (κ2) is 6.45. The summed E-state index contributed by atoms with van der Waals surface area (Å²) in [4.78, 5) is 12.0. The van der Waals surface area contributed by atoms with E-state index in [1.54, 1.807) is 18.2 Å². The van der Waals surface area contributed by atoms with Gasteiger partial charge in [-0.3, -0.25) is 4.79 Å². The molecular weight excluding hydrogens is 396 g/mol. The van der Waals surface area contributed by atoms with Gasteiger partial charge >= 0.3 is 0 Å². The summed E-state index contributed by atoms with van der Waals surface area (Å²) in [5.41, 5.74) is 0.949. The molecular formula is C14H9Br2F2NO. The van der Waals surface area contributed by atoms with Crippen molar-refractivity contribution in [1.82, 2.24) is 5.32 Å².